The van der Waals surface area contributed by atoms with Crippen LogP contribution in [0.1, 0.15) is 33.4 Å². The second-order valence-corrected chi connectivity index (χ2v) is 7.80. The minimum absolute atomic E-state index is 0.0631. The zero-order valence-electron chi connectivity index (χ0n) is 15.5. The summed E-state index contributed by atoms with van der Waals surface area (Å²) in [6, 6.07) is 6.74. The number of likely N-dealkylation sites (N-methyl/N-ethyl adjacent to an activating group) is 1. The molecule has 0 aliphatic carbocycles. The zero-order chi connectivity index (χ0) is 20.9. The highest BCUT2D eigenvalue weighted by molar-refractivity contribution is 7.89. The number of hydrogen-bond acceptors (Lipinski definition) is 8. The van der Waals surface area contributed by atoms with Gasteiger partial charge in [-0.2, -0.15) is 4.31 Å². The van der Waals surface area contributed by atoms with Crippen LogP contribution in [-0.2, 0) is 30.9 Å². The summed E-state index contributed by atoms with van der Waals surface area (Å²) in [5.41, 5.74) is 0.489. The van der Waals surface area contributed by atoms with Crippen molar-refractivity contribution in [1.82, 2.24) is 4.31 Å². The lowest BCUT2D eigenvalue weighted by Gasteiger charge is -2.16. The normalized spacial score (nSPS) is 11.3. The summed E-state index contributed by atoms with van der Waals surface area (Å²) in [4.78, 5) is 34.8. The zero-order valence-corrected chi connectivity index (χ0v) is 16.3. The molecular weight excluding hydrogens is 390 g/mol. The van der Waals surface area contributed by atoms with Gasteiger partial charge in [0.2, 0.25) is 10.0 Å². The predicted molar refractivity (Wildman–Crippen MR) is 96.1 cm³/mol. The van der Waals surface area contributed by atoms with Crippen molar-refractivity contribution < 1.29 is 36.7 Å². The lowest BCUT2D eigenvalue weighted by molar-refractivity contribution is -0.145. The highest BCUT2D eigenvalue weighted by atomic mass is 32.2. The molecule has 150 valence electrons. The fraction of sp³-hybridized carbons (Fsp3) is 0.278. The lowest BCUT2D eigenvalue weighted by atomic mass is 10.2. The Morgan fingerprint density at radius 2 is 1.75 bits per heavy atom. The van der Waals surface area contributed by atoms with E-state index in [2.05, 4.69) is 4.74 Å². The van der Waals surface area contributed by atoms with Crippen LogP contribution < -0.4 is 0 Å². The number of Topliss-reactive ketones (excluding diaryl/α,β-unsaturated/α-hetero) is 1. The number of methoxy groups -OCH3 is 1. The van der Waals surface area contributed by atoms with Crippen LogP contribution >= 0.6 is 0 Å². The number of hydrogen-bond donors (Lipinski definition) is 0. The average molecular weight is 409 g/mol. The molecule has 0 bridgehead atoms. The Kier molecular flexibility index (Phi) is 6.71. The molecule has 0 N–H and O–H groups in total. The second-order valence-electron chi connectivity index (χ2n) is 5.75. The van der Waals surface area contributed by atoms with E-state index in [4.69, 9.17) is 9.15 Å². The summed E-state index contributed by atoms with van der Waals surface area (Å²) in [6.45, 7) is 0.471. The first kappa shape index (κ1) is 21.3. The fourth-order valence-corrected chi connectivity index (χ4v) is 3.36. The average Bonchev–Trinajstić information content (AvgIpc) is 3.14. The molecule has 0 amide bonds. The van der Waals surface area contributed by atoms with Crippen molar-refractivity contribution in [3.63, 3.8) is 0 Å². The van der Waals surface area contributed by atoms with Crippen molar-refractivity contribution in [3.8, 4) is 0 Å². The molecular formula is C18H19NO8S. The summed E-state index contributed by atoms with van der Waals surface area (Å²) >= 11 is 0. The van der Waals surface area contributed by atoms with Gasteiger partial charge in [-0.25, -0.2) is 13.2 Å². The maximum atomic E-state index is 12.5. The Balaban J connectivity index is 2.00. The number of nitrogens with zero attached hydrogens (tertiary/aromatic N) is 1. The molecule has 2 aromatic rings. The molecule has 2 rings (SSSR count). The Hall–Kier alpha value is -2.98. The van der Waals surface area contributed by atoms with Gasteiger partial charge in [-0.1, -0.05) is 12.1 Å². The number of ether oxygens (including phenoxy) is 2. The number of carbonyl (C=O) groups is 3. The molecule has 0 unspecified atom stereocenters. The van der Waals surface area contributed by atoms with Crippen LogP contribution in [0.5, 0.6) is 0 Å². The molecule has 0 aliphatic rings. The molecule has 0 saturated heterocycles. The third-order valence-corrected chi connectivity index (χ3v) is 5.65. The van der Waals surface area contributed by atoms with Gasteiger partial charge in [0.15, 0.2) is 11.5 Å². The highest BCUT2D eigenvalue weighted by Gasteiger charge is 2.24. The van der Waals surface area contributed by atoms with Crippen molar-refractivity contribution in [1.29, 1.82) is 0 Å². The molecule has 1 aromatic heterocycles. The third-order valence-electron chi connectivity index (χ3n) is 3.84. The Bertz CT molecular complexity index is 975. The topological polar surface area (TPSA) is 120 Å². The summed E-state index contributed by atoms with van der Waals surface area (Å²) in [5, 5.41) is 0. The quantitative estimate of drug-likeness (QED) is 0.477. The first-order chi connectivity index (χ1) is 13.2. The molecule has 9 nitrogen and oxygen atoms in total. The van der Waals surface area contributed by atoms with Crippen LogP contribution in [0.2, 0.25) is 0 Å². The van der Waals surface area contributed by atoms with Gasteiger partial charge in [-0.05, 0) is 25.1 Å². The van der Waals surface area contributed by atoms with Crippen molar-refractivity contribution in [2.24, 2.45) is 0 Å². The number of carbonyl (C=O) groups excluding carboxylic acids is 3. The van der Waals surface area contributed by atoms with Crippen molar-refractivity contribution in [2.75, 3.05) is 20.7 Å². The van der Waals surface area contributed by atoms with E-state index in [-0.39, 0.29) is 28.6 Å². The molecule has 1 heterocycles. The lowest BCUT2D eigenvalue weighted by Crippen LogP contribution is -2.33. The van der Waals surface area contributed by atoms with E-state index in [9.17, 15) is 22.8 Å². The number of benzene rings is 1. The maximum absolute atomic E-state index is 12.5. The molecule has 0 fully saturated rings. The predicted octanol–water partition coefficient (Wildman–Crippen LogP) is 1.63. The van der Waals surface area contributed by atoms with Gasteiger partial charge in [0.1, 0.15) is 18.7 Å². The van der Waals surface area contributed by atoms with E-state index in [0.29, 0.717) is 5.56 Å². The van der Waals surface area contributed by atoms with Crippen LogP contribution in [0.4, 0.5) is 0 Å². The van der Waals surface area contributed by atoms with Crippen LogP contribution in [-0.4, -0.2) is 51.1 Å². The van der Waals surface area contributed by atoms with E-state index in [0.717, 1.165) is 4.31 Å². The molecule has 1 aromatic carbocycles. The Morgan fingerprint density at radius 1 is 1.11 bits per heavy atom. The number of rotatable bonds is 8. The molecule has 28 heavy (non-hydrogen) atoms. The first-order valence-corrected chi connectivity index (χ1v) is 9.48. The highest BCUT2D eigenvalue weighted by Crippen LogP contribution is 2.16. The number of esters is 2. The van der Waals surface area contributed by atoms with Gasteiger partial charge >= 0.3 is 11.9 Å². The maximum Gasteiger partial charge on any atom is 0.341 e. The van der Waals surface area contributed by atoms with Crippen LogP contribution in [0.25, 0.3) is 0 Å². The van der Waals surface area contributed by atoms with Crippen molar-refractivity contribution in [3.05, 3.63) is 53.5 Å². The number of sulfonamides is 1. The van der Waals surface area contributed by atoms with E-state index >= 15 is 0 Å². The smallest absolute Gasteiger partial charge is 0.341 e. The molecule has 0 spiro atoms. The van der Waals surface area contributed by atoms with Crippen molar-refractivity contribution in [2.45, 2.75) is 18.4 Å². The summed E-state index contributed by atoms with van der Waals surface area (Å²) < 4.78 is 40.5. The SMILES string of the molecule is COC(=O)c1ccoc1COC(=O)CN(C)S(=O)(=O)c1ccc(C(C)=O)cc1. The minimum Gasteiger partial charge on any atom is -0.465 e. The van der Waals surface area contributed by atoms with Crippen molar-refractivity contribution >= 4 is 27.7 Å². The van der Waals surface area contributed by atoms with Crippen LogP contribution in [0, 0.1) is 0 Å². The van der Waals surface area contributed by atoms with E-state index in [1.54, 1.807) is 0 Å². The van der Waals surface area contributed by atoms with Crippen LogP contribution in [0.15, 0.2) is 45.9 Å². The van der Waals surface area contributed by atoms with E-state index in [1.165, 1.54) is 57.7 Å². The Labute approximate surface area is 161 Å². The van der Waals surface area contributed by atoms with Gasteiger partial charge in [-0.3, -0.25) is 9.59 Å². The standard InChI is InChI=1S/C18H19NO8S/c1-12(20)13-4-6-14(7-5-13)28(23,24)19(2)10-17(21)27-11-16-15(8-9-26-16)18(22)25-3/h4-9H,10-11H2,1-3H3. The molecule has 10 heteroatoms. The van der Waals surface area contributed by atoms with E-state index in [1.807, 2.05) is 0 Å². The number of ketones is 1. The van der Waals surface area contributed by atoms with Gasteiger partial charge < -0.3 is 13.9 Å². The molecule has 0 aliphatic heterocycles. The first-order valence-electron chi connectivity index (χ1n) is 8.04. The largest absolute Gasteiger partial charge is 0.465 e. The van der Waals surface area contributed by atoms with E-state index < -0.39 is 28.5 Å². The monoisotopic (exact) mass is 409 g/mol. The van der Waals surface area contributed by atoms with Gasteiger partial charge in [-0.15, -0.1) is 0 Å². The second kappa shape index (κ2) is 8.81. The molecule has 0 radical (unpaired) electrons. The van der Waals surface area contributed by atoms with Gasteiger partial charge in [0.05, 0.1) is 18.3 Å². The van der Waals surface area contributed by atoms with Gasteiger partial charge in [0.25, 0.3) is 0 Å². The summed E-state index contributed by atoms with van der Waals surface area (Å²) in [5.74, 6) is -1.58. The Morgan fingerprint density at radius 3 is 2.32 bits per heavy atom. The van der Waals surface area contributed by atoms with Gasteiger partial charge in [0, 0.05) is 12.6 Å². The van der Waals surface area contributed by atoms with Crippen LogP contribution in [0.3, 0.4) is 0 Å². The molecule has 0 atom stereocenters. The summed E-state index contributed by atoms with van der Waals surface area (Å²) in [7, 11) is -1.52. The minimum atomic E-state index is -3.95. The molecule has 0 saturated carbocycles. The summed E-state index contributed by atoms with van der Waals surface area (Å²) in [6.07, 6.45) is 1.25. The third kappa shape index (κ3) is 4.84. The number of furan rings is 1. The fourth-order valence-electron chi connectivity index (χ4n) is 2.24.